The average molecular weight is 613 g/mol. The smallest absolute Gasteiger partial charge is 0.248 e. The number of anilines is 3. The Balaban J connectivity index is 1.44. The molecule has 0 bridgehead atoms. The maximum atomic E-state index is 13.1. The Bertz CT molecular complexity index is 1700. The summed E-state index contributed by atoms with van der Waals surface area (Å²) < 4.78 is 17.0. The van der Waals surface area contributed by atoms with Crippen molar-refractivity contribution in [3.05, 3.63) is 88.9 Å². The Morgan fingerprint density at radius 3 is 2.66 bits per heavy atom. The van der Waals surface area contributed by atoms with Crippen LogP contribution in [-0.4, -0.2) is 61.2 Å². The van der Waals surface area contributed by atoms with Crippen LogP contribution in [0, 0.1) is 11.3 Å². The summed E-state index contributed by atoms with van der Waals surface area (Å²) in [5, 5.41) is 17.3. The normalized spacial score (nSPS) is 13.3. The number of nitrogens with zero attached hydrogens (tertiary/aromatic N) is 4. The Labute approximate surface area is 261 Å². The molecule has 3 heterocycles. The fourth-order valence-corrected chi connectivity index (χ4v) is 5.01. The molecule has 2 aromatic carbocycles. The van der Waals surface area contributed by atoms with E-state index in [1.165, 1.54) is 6.20 Å². The van der Waals surface area contributed by atoms with Crippen molar-refractivity contribution >= 4 is 45.5 Å². The van der Waals surface area contributed by atoms with Crippen molar-refractivity contribution in [1.29, 1.82) is 5.26 Å². The van der Waals surface area contributed by atoms with Gasteiger partial charge in [0.05, 0.1) is 39.8 Å². The summed E-state index contributed by atoms with van der Waals surface area (Å²) in [4.78, 5) is 24.1. The molecular weight excluding hydrogens is 580 g/mol. The number of fused-ring (bicyclic) bond motifs is 1. The number of hydrogen-bond acceptors (Lipinski definition) is 9. The first-order chi connectivity index (χ1) is 21.4. The van der Waals surface area contributed by atoms with Gasteiger partial charge in [0.1, 0.15) is 30.8 Å². The quantitative estimate of drug-likeness (QED) is 0.153. The predicted octanol–water partition coefficient (Wildman–Crippen LogP) is 6.09. The third-order valence-corrected chi connectivity index (χ3v) is 7.46. The number of likely N-dealkylation sites (tertiary alicyclic amines) is 1. The van der Waals surface area contributed by atoms with E-state index in [9.17, 15) is 10.1 Å². The minimum Gasteiger partial charge on any atom is -0.489 e. The molecular formula is C33H33ClN6O4. The molecule has 11 heteroatoms. The van der Waals surface area contributed by atoms with Gasteiger partial charge in [-0.2, -0.15) is 5.26 Å². The highest BCUT2D eigenvalue weighted by molar-refractivity contribution is 6.32. The Kier molecular flexibility index (Phi) is 10.2. The lowest BCUT2D eigenvalue weighted by Crippen LogP contribution is -2.27. The molecule has 0 atom stereocenters. The average Bonchev–Trinajstić information content (AvgIpc) is 3.03. The number of nitrogens with one attached hydrogen (secondary N) is 2. The van der Waals surface area contributed by atoms with Gasteiger partial charge in [-0.15, -0.1) is 0 Å². The third kappa shape index (κ3) is 7.82. The lowest BCUT2D eigenvalue weighted by molar-refractivity contribution is -0.112. The molecule has 0 aliphatic carbocycles. The van der Waals surface area contributed by atoms with E-state index < -0.39 is 0 Å². The molecule has 1 aliphatic heterocycles. The third-order valence-electron chi connectivity index (χ3n) is 7.16. The topological polar surface area (TPSA) is 122 Å². The zero-order valence-corrected chi connectivity index (χ0v) is 25.4. The number of carbonyl (C=O) groups excluding carboxylic acids is 1. The lowest BCUT2D eigenvalue weighted by atomic mass is 10.0. The van der Waals surface area contributed by atoms with Gasteiger partial charge in [0, 0.05) is 55.8 Å². The molecule has 44 heavy (non-hydrogen) atoms. The highest BCUT2D eigenvalue weighted by Crippen LogP contribution is 2.37. The zero-order chi connectivity index (χ0) is 30.9. The molecule has 1 saturated heterocycles. The van der Waals surface area contributed by atoms with Crippen molar-refractivity contribution in [3.63, 3.8) is 0 Å². The fourth-order valence-electron chi connectivity index (χ4n) is 4.77. The van der Waals surface area contributed by atoms with E-state index in [1.807, 2.05) is 24.3 Å². The zero-order valence-electron chi connectivity index (χ0n) is 24.6. The largest absolute Gasteiger partial charge is 0.489 e. The number of ether oxygens (including phenoxy) is 3. The molecule has 1 amide bonds. The highest BCUT2D eigenvalue weighted by atomic mass is 35.5. The summed E-state index contributed by atoms with van der Waals surface area (Å²) >= 11 is 6.56. The molecule has 0 unspecified atom stereocenters. The van der Waals surface area contributed by atoms with E-state index in [0.717, 1.165) is 37.2 Å². The number of halogens is 1. The second kappa shape index (κ2) is 14.7. The number of benzene rings is 2. The van der Waals surface area contributed by atoms with Crippen molar-refractivity contribution in [3.8, 4) is 17.6 Å². The van der Waals surface area contributed by atoms with Crippen LogP contribution >= 0.6 is 11.6 Å². The number of aromatic nitrogens is 2. The number of amides is 1. The molecule has 0 spiro atoms. The minimum atomic E-state index is -0.243. The molecule has 10 nitrogen and oxygen atoms in total. The number of rotatable bonds is 11. The van der Waals surface area contributed by atoms with Crippen LogP contribution in [0.1, 0.15) is 24.1 Å². The van der Waals surface area contributed by atoms with Gasteiger partial charge in [0.15, 0.2) is 0 Å². The van der Waals surface area contributed by atoms with Gasteiger partial charge in [-0.05, 0) is 56.3 Å². The first kappa shape index (κ1) is 30.8. The maximum absolute atomic E-state index is 13.1. The second-order valence-corrected chi connectivity index (χ2v) is 10.7. The van der Waals surface area contributed by atoms with Crippen LogP contribution in [0.15, 0.2) is 72.6 Å². The number of carbonyl (C=O) groups is 1. The molecule has 5 rings (SSSR count). The van der Waals surface area contributed by atoms with Crippen molar-refractivity contribution in [1.82, 2.24) is 14.9 Å². The van der Waals surface area contributed by atoms with Crippen LogP contribution in [0.3, 0.4) is 0 Å². The van der Waals surface area contributed by atoms with E-state index in [2.05, 4.69) is 38.6 Å². The number of piperidine rings is 1. The predicted molar refractivity (Wildman–Crippen MR) is 171 cm³/mol. The molecule has 1 aliphatic rings. The van der Waals surface area contributed by atoms with Gasteiger partial charge in [0.25, 0.3) is 0 Å². The fraction of sp³-hybridized carbons (Fsp3) is 0.273. The second-order valence-electron chi connectivity index (χ2n) is 10.3. The Hall–Kier alpha value is -4.69. The summed E-state index contributed by atoms with van der Waals surface area (Å²) in [6, 6.07) is 16.6. The van der Waals surface area contributed by atoms with E-state index in [0.29, 0.717) is 56.7 Å². The number of hydrogen-bond donors (Lipinski definition) is 2. The van der Waals surface area contributed by atoms with Gasteiger partial charge in [-0.3, -0.25) is 14.8 Å². The minimum absolute atomic E-state index is 0.243. The summed E-state index contributed by atoms with van der Waals surface area (Å²) in [5.41, 5.74) is 4.40. The molecule has 0 radical (unpaired) electrons. The van der Waals surface area contributed by atoms with Crippen molar-refractivity contribution < 1.29 is 19.0 Å². The van der Waals surface area contributed by atoms with Gasteiger partial charge in [0.2, 0.25) is 5.91 Å². The number of methoxy groups -OCH3 is 1. The van der Waals surface area contributed by atoms with Crippen molar-refractivity contribution in [2.45, 2.75) is 19.4 Å². The van der Waals surface area contributed by atoms with Crippen LogP contribution in [0.5, 0.6) is 11.5 Å². The summed E-state index contributed by atoms with van der Waals surface area (Å²) in [7, 11) is 3.67. The molecule has 4 aromatic rings. The molecule has 0 saturated carbocycles. The molecule has 2 N–H and O–H groups in total. The summed E-state index contributed by atoms with van der Waals surface area (Å²) in [6.45, 7) is 2.77. The first-order valence-electron chi connectivity index (χ1n) is 14.2. The van der Waals surface area contributed by atoms with E-state index in [-0.39, 0.29) is 19.1 Å². The summed E-state index contributed by atoms with van der Waals surface area (Å²) in [6.07, 6.45) is 6.56. The Morgan fingerprint density at radius 1 is 1.09 bits per heavy atom. The standard InChI is InChI=1S/C33H33ClN6O4/c1-40-11-8-22(9-12-40)15-32(41)39-29-17-26-28(18-31(29)43-14-13-42-2)37-20-23(19-35)33(26)38-24-6-7-30(27(34)16-24)44-21-25-5-3-4-10-36-25/h3-7,10,15-18,20H,8-9,11-14,21H2,1-2H3,(H,37,38)(H,39,41). The van der Waals surface area contributed by atoms with Gasteiger partial charge in [-0.1, -0.05) is 23.2 Å². The summed E-state index contributed by atoms with van der Waals surface area (Å²) in [5.74, 6) is 0.710. The van der Waals surface area contributed by atoms with Gasteiger partial charge < -0.3 is 29.7 Å². The Morgan fingerprint density at radius 2 is 1.93 bits per heavy atom. The highest BCUT2D eigenvalue weighted by Gasteiger charge is 2.17. The van der Waals surface area contributed by atoms with Crippen LogP contribution in [0.4, 0.5) is 17.1 Å². The van der Waals surface area contributed by atoms with Gasteiger partial charge in [-0.25, -0.2) is 0 Å². The van der Waals surface area contributed by atoms with Crippen molar-refractivity contribution in [2.75, 3.05) is 51.1 Å². The molecule has 2 aromatic heterocycles. The van der Waals surface area contributed by atoms with Crippen LogP contribution in [0.2, 0.25) is 5.02 Å². The van der Waals surface area contributed by atoms with E-state index >= 15 is 0 Å². The first-order valence-corrected chi connectivity index (χ1v) is 14.6. The van der Waals surface area contributed by atoms with Crippen LogP contribution in [0.25, 0.3) is 10.9 Å². The number of pyridine rings is 2. The molecule has 1 fully saturated rings. The van der Waals surface area contributed by atoms with Crippen molar-refractivity contribution in [2.24, 2.45) is 0 Å². The number of nitriles is 1. The van der Waals surface area contributed by atoms with Gasteiger partial charge >= 0.3 is 0 Å². The monoisotopic (exact) mass is 612 g/mol. The molecule has 226 valence electrons. The van der Waals surface area contributed by atoms with E-state index in [4.69, 9.17) is 25.8 Å². The maximum Gasteiger partial charge on any atom is 0.248 e. The van der Waals surface area contributed by atoms with Crippen LogP contribution in [-0.2, 0) is 16.1 Å². The van der Waals surface area contributed by atoms with Crippen LogP contribution < -0.4 is 20.1 Å². The lowest BCUT2D eigenvalue weighted by Gasteiger charge is -2.23. The SMILES string of the molecule is COCCOc1cc2ncc(C#N)c(Nc3ccc(OCc4ccccn4)c(Cl)c3)c2cc1NC(=O)C=C1CCN(C)CC1. The van der Waals surface area contributed by atoms with E-state index in [1.54, 1.807) is 43.6 Å².